The van der Waals surface area contributed by atoms with Gasteiger partial charge in [0.25, 0.3) is 0 Å². The second kappa shape index (κ2) is 22.3. The minimum Gasteiger partial charge on any atom is -0.494 e. The van der Waals surface area contributed by atoms with E-state index in [0.717, 1.165) is 12.8 Å². The molecule has 0 unspecified atom stereocenters. The summed E-state index contributed by atoms with van der Waals surface area (Å²) in [5.41, 5.74) is 1.14. The standard InChI is InChI=1S/2C13H17NO4.2C5H8O3/c2*1-16-10-4-3-5-11(17-2)12(10)14-13(15)9-6-7-18-8-9;2*6-5(7)4-1-2-8-3-4/h2*3-5,9H,6-8H2,1-2H3,(H,14,15);2*4H,1-3H2,(H,6,7)/t2*9-;2*4-/m1010/s1. The van der Waals surface area contributed by atoms with Gasteiger partial charge in [-0.25, -0.2) is 0 Å². The molecular weight excluding hydrogens is 684 g/mol. The highest BCUT2D eigenvalue weighted by atomic mass is 16.5. The quantitative estimate of drug-likeness (QED) is 0.276. The van der Waals surface area contributed by atoms with Crippen molar-refractivity contribution in [2.45, 2.75) is 25.7 Å². The van der Waals surface area contributed by atoms with E-state index in [9.17, 15) is 19.2 Å². The molecule has 4 fully saturated rings. The fourth-order valence-corrected chi connectivity index (χ4v) is 5.34. The first-order chi connectivity index (χ1) is 25.1. The number of para-hydroxylation sites is 2. The molecule has 4 saturated heterocycles. The molecule has 4 atom stereocenters. The number of anilines is 2. The van der Waals surface area contributed by atoms with Crippen LogP contribution in [0.2, 0.25) is 0 Å². The summed E-state index contributed by atoms with van der Waals surface area (Å²) in [5.74, 6) is 0.0753. The molecule has 4 aliphatic rings. The van der Waals surface area contributed by atoms with Gasteiger partial charge < -0.3 is 58.7 Å². The zero-order valence-electron chi connectivity index (χ0n) is 30.1. The van der Waals surface area contributed by atoms with Gasteiger partial charge in [-0.15, -0.1) is 0 Å². The molecule has 0 bridgehead atoms. The third kappa shape index (κ3) is 12.8. The van der Waals surface area contributed by atoms with Crippen LogP contribution in [-0.4, -0.2) is 115 Å². The van der Waals surface area contributed by atoms with Crippen LogP contribution in [0.4, 0.5) is 11.4 Å². The number of hydrogen-bond donors (Lipinski definition) is 4. The highest BCUT2D eigenvalue weighted by Gasteiger charge is 2.27. The predicted molar refractivity (Wildman–Crippen MR) is 187 cm³/mol. The van der Waals surface area contributed by atoms with E-state index in [1.54, 1.807) is 52.7 Å². The highest BCUT2D eigenvalue weighted by Crippen LogP contribution is 2.36. The number of carboxylic acid groups (broad SMARTS) is 2. The molecule has 4 N–H and O–H groups in total. The molecule has 4 heterocycles. The molecule has 2 aromatic carbocycles. The Labute approximate surface area is 302 Å². The molecule has 288 valence electrons. The Balaban J connectivity index is 0.000000200. The van der Waals surface area contributed by atoms with Crippen molar-refractivity contribution in [1.29, 1.82) is 0 Å². The summed E-state index contributed by atoms with van der Waals surface area (Å²) < 4.78 is 41.0. The predicted octanol–water partition coefficient (Wildman–Crippen LogP) is 3.57. The fraction of sp³-hybridized carbons (Fsp3) is 0.556. The van der Waals surface area contributed by atoms with Gasteiger partial charge in [-0.3, -0.25) is 19.2 Å². The molecule has 0 saturated carbocycles. The van der Waals surface area contributed by atoms with Crippen molar-refractivity contribution in [3.8, 4) is 23.0 Å². The molecule has 0 aromatic heterocycles. The van der Waals surface area contributed by atoms with E-state index < -0.39 is 11.9 Å². The second-order valence-electron chi connectivity index (χ2n) is 12.0. The Morgan fingerprint density at radius 2 is 0.788 bits per heavy atom. The van der Waals surface area contributed by atoms with Crippen LogP contribution < -0.4 is 29.6 Å². The lowest BCUT2D eigenvalue weighted by Crippen LogP contribution is -2.23. The minimum atomic E-state index is -0.734. The maximum Gasteiger partial charge on any atom is 0.308 e. The Bertz CT molecular complexity index is 1280. The Morgan fingerprint density at radius 3 is 0.981 bits per heavy atom. The van der Waals surface area contributed by atoms with Crippen molar-refractivity contribution in [3.05, 3.63) is 36.4 Å². The smallest absolute Gasteiger partial charge is 0.308 e. The fourth-order valence-electron chi connectivity index (χ4n) is 5.34. The van der Waals surface area contributed by atoms with Gasteiger partial charge in [0.1, 0.15) is 34.4 Å². The topological polar surface area (TPSA) is 207 Å². The number of carbonyl (C=O) groups is 4. The van der Waals surface area contributed by atoms with Crippen molar-refractivity contribution in [3.63, 3.8) is 0 Å². The molecule has 16 nitrogen and oxygen atoms in total. The van der Waals surface area contributed by atoms with Gasteiger partial charge in [-0.2, -0.15) is 0 Å². The van der Waals surface area contributed by atoms with Crippen LogP contribution in [0, 0.1) is 23.7 Å². The summed E-state index contributed by atoms with van der Waals surface area (Å²) in [6, 6.07) is 10.7. The minimum absolute atomic E-state index is 0.0599. The van der Waals surface area contributed by atoms with Crippen LogP contribution in [0.15, 0.2) is 36.4 Å². The number of aliphatic carboxylic acids is 2. The van der Waals surface area contributed by atoms with Gasteiger partial charge in [-0.1, -0.05) is 12.1 Å². The van der Waals surface area contributed by atoms with E-state index in [0.29, 0.717) is 100 Å². The molecule has 0 aliphatic carbocycles. The van der Waals surface area contributed by atoms with Crippen LogP contribution in [0.1, 0.15) is 25.7 Å². The number of carboxylic acids is 2. The normalized spacial score (nSPS) is 21.5. The molecule has 6 rings (SSSR count). The summed E-state index contributed by atoms with van der Waals surface area (Å²) in [7, 11) is 6.23. The third-order valence-electron chi connectivity index (χ3n) is 8.51. The lowest BCUT2D eigenvalue weighted by molar-refractivity contribution is -0.142. The number of rotatable bonds is 10. The number of amides is 2. The van der Waals surface area contributed by atoms with Gasteiger partial charge in [-0.05, 0) is 49.9 Å². The van der Waals surface area contributed by atoms with Gasteiger partial charge in [0.2, 0.25) is 11.8 Å². The Kier molecular flexibility index (Phi) is 17.9. The van der Waals surface area contributed by atoms with Crippen molar-refractivity contribution >= 4 is 35.1 Å². The van der Waals surface area contributed by atoms with Crippen molar-refractivity contribution < 1.29 is 67.3 Å². The Morgan fingerprint density at radius 1 is 0.519 bits per heavy atom. The molecule has 16 heteroatoms. The van der Waals surface area contributed by atoms with Crippen molar-refractivity contribution in [2.24, 2.45) is 23.7 Å². The zero-order valence-corrected chi connectivity index (χ0v) is 30.1. The Hall–Kier alpha value is -4.64. The van der Waals surface area contributed by atoms with E-state index in [4.69, 9.17) is 48.1 Å². The van der Waals surface area contributed by atoms with Crippen LogP contribution in [0.25, 0.3) is 0 Å². The van der Waals surface area contributed by atoms with Crippen LogP contribution in [-0.2, 0) is 38.1 Å². The van der Waals surface area contributed by atoms with Crippen LogP contribution in [0.3, 0.4) is 0 Å². The van der Waals surface area contributed by atoms with Crippen LogP contribution in [0.5, 0.6) is 23.0 Å². The maximum absolute atomic E-state index is 12.0. The average Bonchev–Trinajstić information content (AvgIpc) is 4.01. The summed E-state index contributed by atoms with van der Waals surface area (Å²) >= 11 is 0. The van der Waals surface area contributed by atoms with E-state index in [1.807, 2.05) is 12.1 Å². The number of carbonyl (C=O) groups excluding carboxylic acids is 2. The summed E-state index contributed by atoms with van der Waals surface area (Å²) in [6.45, 7) is 4.24. The lowest BCUT2D eigenvalue weighted by atomic mass is 10.1. The van der Waals surface area contributed by atoms with Gasteiger partial charge in [0, 0.05) is 26.4 Å². The van der Waals surface area contributed by atoms with Gasteiger partial charge in [0.05, 0.1) is 78.5 Å². The first-order valence-electron chi connectivity index (χ1n) is 16.9. The van der Waals surface area contributed by atoms with Gasteiger partial charge in [0.15, 0.2) is 0 Å². The number of nitrogens with one attached hydrogen (secondary N) is 2. The van der Waals surface area contributed by atoms with Gasteiger partial charge >= 0.3 is 11.9 Å². The summed E-state index contributed by atoms with van der Waals surface area (Å²) in [6.07, 6.45) is 2.86. The molecule has 0 radical (unpaired) electrons. The average molecular weight is 735 g/mol. The summed E-state index contributed by atoms with van der Waals surface area (Å²) in [4.78, 5) is 44.3. The van der Waals surface area contributed by atoms with E-state index in [2.05, 4.69) is 10.6 Å². The molecular formula is C36H50N2O14. The van der Waals surface area contributed by atoms with Crippen molar-refractivity contribution in [2.75, 3.05) is 91.9 Å². The molecule has 4 aliphatic heterocycles. The third-order valence-corrected chi connectivity index (χ3v) is 8.51. The van der Waals surface area contributed by atoms with E-state index in [1.165, 1.54) is 0 Å². The number of methoxy groups -OCH3 is 4. The zero-order chi connectivity index (χ0) is 37.9. The molecule has 0 spiro atoms. The highest BCUT2D eigenvalue weighted by molar-refractivity contribution is 5.96. The molecule has 2 aromatic rings. The number of ether oxygens (including phenoxy) is 8. The van der Waals surface area contributed by atoms with Crippen molar-refractivity contribution in [1.82, 2.24) is 0 Å². The number of benzene rings is 2. The first-order valence-corrected chi connectivity index (χ1v) is 16.9. The summed E-state index contributed by atoms with van der Waals surface area (Å²) in [5, 5.41) is 22.4. The SMILES string of the molecule is COc1cccc(OC)c1NC(=O)[C@@H]1CCOC1.COc1cccc(OC)c1NC(=O)[C@H]1CCOC1.O=C(O)[C@@H]1CCOC1.O=C(O)[C@H]1CCOC1. The van der Waals surface area contributed by atoms with Crippen LogP contribution >= 0.6 is 0 Å². The molecule has 52 heavy (non-hydrogen) atoms. The number of hydrogen-bond acceptors (Lipinski definition) is 12. The molecule has 2 amide bonds. The van der Waals surface area contributed by atoms with E-state index >= 15 is 0 Å². The first kappa shape index (κ1) is 41.8. The monoisotopic (exact) mass is 734 g/mol. The lowest BCUT2D eigenvalue weighted by Gasteiger charge is -2.15. The maximum atomic E-state index is 12.0. The second-order valence-corrected chi connectivity index (χ2v) is 12.0. The largest absolute Gasteiger partial charge is 0.494 e. The van der Waals surface area contributed by atoms with E-state index in [-0.39, 0.29) is 35.5 Å².